The van der Waals surface area contributed by atoms with Crippen molar-refractivity contribution in [1.29, 1.82) is 0 Å². The second-order valence-corrected chi connectivity index (χ2v) is 3.09. The van der Waals surface area contributed by atoms with Crippen LogP contribution in [0.25, 0.3) is 0 Å². The van der Waals surface area contributed by atoms with E-state index < -0.39 is 0 Å². The molecule has 0 bridgehead atoms. The highest BCUT2D eigenvalue weighted by atomic mass is 16.1. The van der Waals surface area contributed by atoms with Crippen molar-refractivity contribution in [2.24, 2.45) is 15.7 Å². The van der Waals surface area contributed by atoms with E-state index in [4.69, 9.17) is 5.73 Å². The van der Waals surface area contributed by atoms with Gasteiger partial charge in [-0.25, -0.2) is 4.99 Å². The molecular formula is C10H10N4O. The summed E-state index contributed by atoms with van der Waals surface area (Å²) in [6, 6.07) is 9.32. The molecule has 0 atom stereocenters. The molecular weight excluding hydrogens is 192 g/mol. The van der Waals surface area contributed by atoms with E-state index in [-0.39, 0.29) is 18.3 Å². The summed E-state index contributed by atoms with van der Waals surface area (Å²) in [5, 5.41) is 2.40. The number of rotatable bonds is 1. The molecule has 0 aliphatic carbocycles. The van der Waals surface area contributed by atoms with Crippen molar-refractivity contribution in [2.75, 3.05) is 0 Å². The number of nitrogens with zero attached hydrogens (tertiary/aromatic N) is 2. The summed E-state index contributed by atoms with van der Waals surface area (Å²) in [5.41, 5.74) is 6.17. The van der Waals surface area contributed by atoms with Crippen LogP contribution in [0.2, 0.25) is 0 Å². The topological polar surface area (TPSA) is 79.8 Å². The van der Waals surface area contributed by atoms with Crippen LogP contribution in [0.5, 0.6) is 0 Å². The molecule has 0 unspecified atom stereocenters. The minimum Gasteiger partial charge on any atom is -0.369 e. The number of nitrogens with two attached hydrogens (primary N) is 1. The van der Waals surface area contributed by atoms with Gasteiger partial charge in [-0.05, 0) is 12.1 Å². The lowest BCUT2D eigenvalue weighted by atomic mass is 10.3. The van der Waals surface area contributed by atoms with Gasteiger partial charge in [-0.1, -0.05) is 18.2 Å². The molecule has 2 rings (SSSR count). The number of amidine groups is 1. The third-order valence-electron chi connectivity index (χ3n) is 1.85. The molecule has 5 heteroatoms. The first-order valence-corrected chi connectivity index (χ1v) is 4.51. The van der Waals surface area contributed by atoms with Gasteiger partial charge < -0.3 is 5.73 Å². The number of amides is 1. The molecule has 1 amide bonds. The Balaban J connectivity index is 2.28. The van der Waals surface area contributed by atoms with E-state index in [0.717, 1.165) is 5.69 Å². The summed E-state index contributed by atoms with van der Waals surface area (Å²) in [6.07, 6.45) is 0.162. The Labute approximate surface area is 86.7 Å². The molecule has 0 saturated carbocycles. The quantitative estimate of drug-likeness (QED) is 0.697. The van der Waals surface area contributed by atoms with Crippen LogP contribution >= 0.6 is 0 Å². The normalized spacial score (nSPS) is 18.5. The van der Waals surface area contributed by atoms with Crippen molar-refractivity contribution in [3.63, 3.8) is 0 Å². The zero-order chi connectivity index (χ0) is 10.7. The number of aliphatic imine (C=N–C) groups is 2. The smallest absolute Gasteiger partial charge is 0.234 e. The molecule has 1 aromatic carbocycles. The minimum absolute atomic E-state index is 0.0981. The number of guanidine groups is 1. The van der Waals surface area contributed by atoms with Crippen LogP contribution in [0.4, 0.5) is 5.69 Å². The van der Waals surface area contributed by atoms with Crippen LogP contribution in [0.15, 0.2) is 40.3 Å². The molecule has 0 spiro atoms. The fourth-order valence-corrected chi connectivity index (χ4v) is 1.25. The van der Waals surface area contributed by atoms with Gasteiger partial charge in [0, 0.05) is 0 Å². The van der Waals surface area contributed by atoms with Crippen molar-refractivity contribution in [3.05, 3.63) is 30.3 Å². The van der Waals surface area contributed by atoms with Crippen LogP contribution in [0.1, 0.15) is 6.42 Å². The van der Waals surface area contributed by atoms with Gasteiger partial charge in [-0.3, -0.25) is 10.1 Å². The third-order valence-corrected chi connectivity index (χ3v) is 1.85. The maximum absolute atomic E-state index is 11.1. The van der Waals surface area contributed by atoms with Crippen LogP contribution in [-0.2, 0) is 4.79 Å². The molecule has 0 fully saturated rings. The second-order valence-electron chi connectivity index (χ2n) is 3.09. The zero-order valence-electron chi connectivity index (χ0n) is 7.97. The van der Waals surface area contributed by atoms with Gasteiger partial charge in [0.1, 0.15) is 5.84 Å². The fourth-order valence-electron chi connectivity index (χ4n) is 1.25. The third kappa shape index (κ3) is 2.40. The molecule has 0 saturated heterocycles. The molecule has 1 aliphatic rings. The highest BCUT2D eigenvalue weighted by molar-refractivity contribution is 6.15. The summed E-state index contributed by atoms with van der Waals surface area (Å²) >= 11 is 0. The maximum atomic E-state index is 11.1. The first kappa shape index (κ1) is 9.39. The standard InChI is InChI=1S/C10H10N4O/c11-10-13-8(6-9(15)14-10)12-7-4-2-1-3-5-7/h1-5H,6H2,(H3,11,12,13,14,15). The Kier molecular flexibility index (Phi) is 2.45. The van der Waals surface area contributed by atoms with Gasteiger partial charge in [-0.15, -0.1) is 0 Å². The Bertz CT molecular complexity index is 436. The van der Waals surface area contributed by atoms with Crippen molar-refractivity contribution >= 4 is 23.4 Å². The van der Waals surface area contributed by atoms with Gasteiger partial charge >= 0.3 is 0 Å². The zero-order valence-corrected chi connectivity index (χ0v) is 7.97. The molecule has 15 heavy (non-hydrogen) atoms. The van der Waals surface area contributed by atoms with E-state index in [2.05, 4.69) is 15.3 Å². The van der Waals surface area contributed by atoms with E-state index in [1.165, 1.54) is 0 Å². The van der Waals surface area contributed by atoms with E-state index in [1.807, 2.05) is 30.3 Å². The highest BCUT2D eigenvalue weighted by Crippen LogP contribution is 2.12. The summed E-state index contributed by atoms with van der Waals surface area (Å²) in [6.45, 7) is 0. The number of hydrogen-bond acceptors (Lipinski definition) is 3. The Morgan fingerprint density at radius 1 is 1.33 bits per heavy atom. The summed E-state index contributed by atoms with van der Waals surface area (Å²) in [4.78, 5) is 19.3. The van der Waals surface area contributed by atoms with Crippen LogP contribution < -0.4 is 11.1 Å². The summed E-state index contributed by atoms with van der Waals surface area (Å²) in [7, 11) is 0. The van der Waals surface area contributed by atoms with E-state index in [1.54, 1.807) is 0 Å². The van der Waals surface area contributed by atoms with Gasteiger partial charge in [0.05, 0.1) is 12.1 Å². The lowest BCUT2D eigenvalue weighted by Gasteiger charge is -2.10. The van der Waals surface area contributed by atoms with Gasteiger partial charge in [0.25, 0.3) is 0 Å². The SMILES string of the molecule is NC1=NC(=Nc2ccccc2)CC(=O)N1. The summed E-state index contributed by atoms with van der Waals surface area (Å²) in [5.74, 6) is 0.348. The molecule has 0 aromatic heterocycles. The largest absolute Gasteiger partial charge is 0.369 e. The summed E-state index contributed by atoms with van der Waals surface area (Å²) < 4.78 is 0. The van der Waals surface area contributed by atoms with Gasteiger partial charge in [0.15, 0.2) is 0 Å². The average molecular weight is 202 g/mol. The number of carbonyl (C=O) groups is 1. The first-order chi connectivity index (χ1) is 7.24. The highest BCUT2D eigenvalue weighted by Gasteiger charge is 2.14. The van der Waals surface area contributed by atoms with Crippen LogP contribution in [-0.4, -0.2) is 17.7 Å². The second kappa shape index (κ2) is 3.91. The number of para-hydroxylation sites is 1. The van der Waals surface area contributed by atoms with E-state index in [0.29, 0.717) is 5.84 Å². The molecule has 0 radical (unpaired) electrons. The molecule has 5 nitrogen and oxygen atoms in total. The maximum Gasteiger partial charge on any atom is 0.234 e. The van der Waals surface area contributed by atoms with Crippen molar-refractivity contribution in [1.82, 2.24) is 5.32 Å². The predicted octanol–water partition coefficient (Wildman–Crippen LogP) is 0.551. The Morgan fingerprint density at radius 2 is 2.07 bits per heavy atom. The molecule has 1 heterocycles. The predicted molar refractivity (Wildman–Crippen MR) is 57.9 cm³/mol. The average Bonchev–Trinajstić information content (AvgIpc) is 2.17. The molecule has 76 valence electrons. The Hall–Kier alpha value is -2.17. The van der Waals surface area contributed by atoms with Gasteiger partial charge in [-0.2, -0.15) is 4.99 Å². The Morgan fingerprint density at radius 3 is 2.73 bits per heavy atom. The molecule has 3 N–H and O–H groups in total. The first-order valence-electron chi connectivity index (χ1n) is 4.51. The van der Waals surface area contributed by atoms with E-state index in [9.17, 15) is 4.79 Å². The van der Waals surface area contributed by atoms with Crippen LogP contribution in [0, 0.1) is 0 Å². The number of benzene rings is 1. The number of carbonyl (C=O) groups excluding carboxylic acids is 1. The number of hydrogen-bond donors (Lipinski definition) is 2. The molecule has 1 aliphatic heterocycles. The lowest BCUT2D eigenvalue weighted by molar-refractivity contribution is -0.118. The van der Waals surface area contributed by atoms with Gasteiger partial charge in [0.2, 0.25) is 11.9 Å². The number of nitrogens with one attached hydrogen (secondary N) is 1. The monoisotopic (exact) mass is 202 g/mol. The molecule has 1 aromatic rings. The minimum atomic E-state index is -0.183. The van der Waals surface area contributed by atoms with Crippen molar-refractivity contribution in [2.45, 2.75) is 6.42 Å². The van der Waals surface area contributed by atoms with Crippen molar-refractivity contribution in [3.8, 4) is 0 Å². The van der Waals surface area contributed by atoms with Crippen LogP contribution in [0.3, 0.4) is 0 Å². The van der Waals surface area contributed by atoms with E-state index >= 15 is 0 Å². The fraction of sp³-hybridized carbons (Fsp3) is 0.100. The van der Waals surface area contributed by atoms with Crippen molar-refractivity contribution < 1.29 is 4.79 Å². The lowest BCUT2D eigenvalue weighted by Crippen LogP contribution is -2.41.